The van der Waals surface area contributed by atoms with Gasteiger partial charge in [0.15, 0.2) is 0 Å². The maximum absolute atomic E-state index is 12.8. The molecule has 2 N–H and O–H groups in total. The number of amides is 2. The SMILES string of the molecule is Cc1ccc(NC(=O)C2CCCC2)c(NC(=O)C(C)N2CCN(C)CC2)c1. The van der Waals surface area contributed by atoms with Crippen LogP contribution in [0.25, 0.3) is 0 Å². The van der Waals surface area contributed by atoms with Crippen molar-refractivity contribution in [2.45, 2.75) is 45.6 Å². The zero-order valence-electron chi connectivity index (χ0n) is 16.8. The first-order chi connectivity index (χ1) is 12.9. The van der Waals surface area contributed by atoms with Crippen molar-refractivity contribution < 1.29 is 9.59 Å². The maximum atomic E-state index is 12.8. The quantitative estimate of drug-likeness (QED) is 0.834. The highest BCUT2D eigenvalue weighted by molar-refractivity contribution is 6.01. The highest BCUT2D eigenvalue weighted by Gasteiger charge is 2.26. The number of piperazine rings is 1. The summed E-state index contributed by atoms with van der Waals surface area (Å²) in [5, 5.41) is 6.08. The van der Waals surface area contributed by atoms with E-state index >= 15 is 0 Å². The number of hydrogen-bond donors (Lipinski definition) is 2. The molecule has 3 rings (SSSR count). The Morgan fingerprint density at radius 1 is 1.04 bits per heavy atom. The minimum atomic E-state index is -0.197. The first-order valence-corrected chi connectivity index (χ1v) is 10.1. The third kappa shape index (κ3) is 5.08. The summed E-state index contributed by atoms with van der Waals surface area (Å²) in [5.74, 6) is 0.139. The molecular formula is C21H32N4O2. The molecule has 0 aromatic heterocycles. The van der Waals surface area contributed by atoms with Gasteiger partial charge in [-0.15, -0.1) is 0 Å². The molecular weight excluding hydrogens is 340 g/mol. The molecule has 0 spiro atoms. The molecule has 1 aromatic carbocycles. The summed E-state index contributed by atoms with van der Waals surface area (Å²) in [4.78, 5) is 29.8. The topological polar surface area (TPSA) is 64.7 Å². The fraction of sp³-hybridized carbons (Fsp3) is 0.619. The van der Waals surface area contributed by atoms with E-state index in [2.05, 4.69) is 27.5 Å². The molecule has 6 heteroatoms. The average Bonchev–Trinajstić information content (AvgIpc) is 3.19. The van der Waals surface area contributed by atoms with Crippen LogP contribution in [-0.4, -0.2) is 60.9 Å². The maximum Gasteiger partial charge on any atom is 0.241 e. The van der Waals surface area contributed by atoms with E-state index in [4.69, 9.17) is 0 Å². The van der Waals surface area contributed by atoms with Gasteiger partial charge in [-0.05, 0) is 51.4 Å². The van der Waals surface area contributed by atoms with Gasteiger partial charge in [-0.1, -0.05) is 18.9 Å². The summed E-state index contributed by atoms with van der Waals surface area (Å²) in [5.41, 5.74) is 2.43. The van der Waals surface area contributed by atoms with Crippen molar-refractivity contribution in [3.05, 3.63) is 23.8 Å². The van der Waals surface area contributed by atoms with Crippen molar-refractivity contribution in [3.63, 3.8) is 0 Å². The van der Waals surface area contributed by atoms with Gasteiger partial charge < -0.3 is 15.5 Å². The molecule has 1 aliphatic heterocycles. The number of hydrogen-bond acceptors (Lipinski definition) is 4. The van der Waals surface area contributed by atoms with Gasteiger partial charge in [-0.25, -0.2) is 0 Å². The number of nitrogens with zero attached hydrogens (tertiary/aromatic N) is 2. The van der Waals surface area contributed by atoms with Gasteiger partial charge in [0, 0.05) is 32.1 Å². The van der Waals surface area contributed by atoms with Crippen molar-refractivity contribution in [1.29, 1.82) is 0 Å². The van der Waals surface area contributed by atoms with Crippen LogP contribution < -0.4 is 10.6 Å². The molecule has 1 unspecified atom stereocenters. The van der Waals surface area contributed by atoms with E-state index in [9.17, 15) is 9.59 Å². The highest BCUT2D eigenvalue weighted by Crippen LogP contribution is 2.29. The molecule has 148 valence electrons. The molecule has 27 heavy (non-hydrogen) atoms. The summed E-state index contributed by atoms with van der Waals surface area (Å²) in [6.07, 6.45) is 4.16. The van der Waals surface area contributed by atoms with Gasteiger partial charge in [0.2, 0.25) is 11.8 Å². The summed E-state index contributed by atoms with van der Waals surface area (Å²) in [6, 6.07) is 5.58. The Hall–Kier alpha value is -1.92. The molecule has 1 atom stereocenters. The Kier molecular flexibility index (Phi) is 6.50. The van der Waals surface area contributed by atoms with E-state index in [0.29, 0.717) is 11.4 Å². The summed E-state index contributed by atoms with van der Waals surface area (Å²) in [6.45, 7) is 7.68. The van der Waals surface area contributed by atoms with Crippen molar-refractivity contribution in [1.82, 2.24) is 9.80 Å². The van der Waals surface area contributed by atoms with Gasteiger partial charge in [0.05, 0.1) is 17.4 Å². The van der Waals surface area contributed by atoms with Gasteiger partial charge >= 0.3 is 0 Å². The van der Waals surface area contributed by atoms with Gasteiger partial charge in [-0.2, -0.15) is 0 Å². The molecule has 2 amide bonds. The Morgan fingerprint density at radius 2 is 1.70 bits per heavy atom. The number of carbonyl (C=O) groups excluding carboxylic acids is 2. The normalized spacial score (nSPS) is 20.4. The molecule has 1 saturated heterocycles. The van der Waals surface area contributed by atoms with Crippen LogP contribution in [0.4, 0.5) is 11.4 Å². The largest absolute Gasteiger partial charge is 0.324 e. The Bertz CT molecular complexity index is 677. The van der Waals surface area contributed by atoms with Crippen LogP contribution >= 0.6 is 0 Å². The molecule has 1 heterocycles. The van der Waals surface area contributed by atoms with Crippen LogP contribution in [0.5, 0.6) is 0 Å². The minimum absolute atomic E-state index is 0.0264. The lowest BCUT2D eigenvalue weighted by Crippen LogP contribution is -2.51. The molecule has 1 saturated carbocycles. The number of benzene rings is 1. The van der Waals surface area contributed by atoms with Crippen LogP contribution in [0.1, 0.15) is 38.2 Å². The van der Waals surface area contributed by atoms with Crippen LogP contribution in [0, 0.1) is 12.8 Å². The number of carbonyl (C=O) groups is 2. The van der Waals surface area contributed by atoms with E-state index < -0.39 is 0 Å². The van der Waals surface area contributed by atoms with Crippen molar-refractivity contribution in [2.75, 3.05) is 43.9 Å². The second-order valence-corrected chi connectivity index (χ2v) is 8.02. The lowest BCUT2D eigenvalue weighted by atomic mass is 10.1. The van der Waals surface area contributed by atoms with Crippen LogP contribution in [0.15, 0.2) is 18.2 Å². The van der Waals surface area contributed by atoms with E-state index in [1.165, 1.54) is 0 Å². The number of nitrogens with one attached hydrogen (secondary N) is 2. The average molecular weight is 373 g/mol. The predicted octanol–water partition coefficient (Wildman–Crippen LogP) is 2.70. The Balaban J connectivity index is 1.66. The fourth-order valence-electron chi connectivity index (χ4n) is 3.91. The lowest BCUT2D eigenvalue weighted by molar-refractivity contribution is -0.121. The van der Waals surface area contributed by atoms with Gasteiger partial charge in [0.25, 0.3) is 0 Å². The van der Waals surface area contributed by atoms with E-state index in [1.54, 1.807) is 0 Å². The smallest absolute Gasteiger partial charge is 0.241 e. The first kappa shape index (κ1) is 19.8. The Labute approximate surface area is 162 Å². The molecule has 1 aliphatic carbocycles. The number of anilines is 2. The van der Waals surface area contributed by atoms with Crippen molar-refractivity contribution in [2.24, 2.45) is 5.92 Å². The van der Waals surface area contributed by atoms with Crippen LogP contribution in [0.2, 0.25) is 0 Å². The van der Waals surface area contributed by atoms with Gasteiger partial charge in [-0.3, -0.25) is 14.5 Å². The first-order valence-electron chi connectivity index (χ1n) is 10.1. The van der Waals surface area contributed by atoms with E-state index in [-0.39, 0.29) is 23.8 Å². The van der Waals surface area contributed by atoms with Crippen LogP contribution in [0.3, 0.4) is 0 Å². The lowest BCUT2D eigenvalue weighted by Gasteiger charge is -2.35. The monoisotopic (exact) mass is 372 g/mol. The zero-order valence-corrected chi connectivity index (χ0v) is 16.8. The molecule has 0 bridgehead atoms. The third-order valence-corrected chi connectivity index (χ3v) is 5.88. The summed E-state index contributed by atoms with van der Waals surface area (Å²) < 4.78 is 0. The number of likely N-dealkylation sites (N-methyl/N-ethyl adjacent to an activating group) is 1. The zero-order chi connectivity index (χ0) is 19.4. The van der Waals surface area contributed by atoms with Crippen LogP contribution in [-0.2, 0) is 9.59 Å². The van der Waals surface area contributed by atoms with E-state index in [0.717, 1.165) is 57.4 Å². The number of aryl methyl sites for hydroxylation is 1. The molecule has 2 aliphatic rings. The second kappa shape index (κ2) is 8.85. The standard InChI is InChI=1S/C21H32N4O2/c1-15-8-9-18(22-21(27)17-6-4-5-7-17)19(14-15)23-20(26)16(2)25-12-10-24(3)11-13-25/h8-9,14,16-17H,4-7,10-13H2,1-3H3,(H,22,27)(H,23,26). The fourth-order valence-corrected chi connectivity index (χ4v) is 3.91. The van der Waals surface area contributed by atoms with Crippen molar-refractivity contribution in [3.8, 4) is 0 Å². The predicted molar refractivity (Wildman–Crippen MR) is 109 cm³/mol. The van der Waals surface area contributed by atoms with Gasteiger partial charge in [0.1, 0.15) is 0 Å². The summed E-state index contributed by atoms with van der Waals surface area (Å²) >= 11 is 0. The molecule has 0 radical (unpaired) electrons. The highest BCUT2D eigenvalue weighted by atomic mass is 16.2. The summed E-state index contributed by atoms with van der Waals surface area (Å²) in [7, 11) is 2.11. The van der Waals surface area contributed by atoms with Crippen molar-refractivity contribution >= 4 is 23.2 Å². The van der Waals surface area contributed by atoms with E-state index in [1.807, 2.05) is 32.0 Å². The molecule has 6 nitrogen and oxygen atoms in total. The third-order valence-electron chi connectivity index (χ3n) is 5.88. The molecule has 2 fully saturated rings. The Morgan fingerprint density at radius 3 is 2.37 bits per heavy atom. The second-order valence-electron chi connectivity index (χ2n) is 8.02. The number of rotatable bonds is 5. The molecule has 1 aromatic rings. The minimum Gasteiger partial charge on any atom is -0.324 e.